The molecule has 2 unspecified atom stereocenters. The molecule has 1 aromatic rings. The fraction of sp³-hybridized carbons (Fsp3) is 0.778. The highest BCUT2D eigenvalue weighted by atomic mass is 32.2. The SMILES string of the molecule is Cn1c(N)nnc1SC1CCCCC1O. The zero-order valence-corrected chi connectivity index (χ0v) is 9.57. The number of hydrogen-bond donors (Lipinski definition) is 2. The Morgan fingerprint density at radius 2 is 2.13 bits per heavy atom. The summed E-state index contributed by atoms with van der Waals surface area (Å²) in [7, 11) is 1.84. The van der Waals surface area contributed by atoms with E-state index in [4.69, 9.17) is 5.73 Å². The molecule has 2 rings (SSSR count). The van der Waals surface area contributed by atoms with Crippen molar-refractivity contribution in [1.29, 1.82) is 0 Å². The molecule has 0 aromatic carbocycles. The van der Waals surface area contributed by atoms with Crippen LogP contribution in [0.3, 0.4) is 0 Å². The van der Waals surface area contributed by atoms with Crippen molar-refractivity contribution in [2.24, 2.45) is 7.05 Å². The smallest absolute Gasteiger partial charge is 0.222 e. The van der Waals surface area contributed by atoms with E-state index in [1.165, 1.54) is 6.42 Å². The molecule has 1 aromatic heterocycles. The summed E-state index contributed by atoms with van der Waals surface area (Å²) in [4.78, 5) is 0. The Labute approximate surface area is 93.1 Å². The number of nitrogens with two attached hydrogens (primary N) is 1. The molecule has 1 fully saturated rings. The van der Waals surface area contributed by atoms with Gasteiger partial charge >= 0.3 is 0 Å². The average molecular weight is 228 g/mol. The maximum absolute atomic E-state index is 9.82. The van der Waals surface area contributed by atoms with Gasteiger partial charge in [-0.1, -0.05) is 24.6 Å². The van der Waals surface area contributed by atoms with Gasteiger partial charge in [-0.05, 0) is 12.8 Å². The van der Waals surface area contributed by atoms with Crippen LogP contribution in [0.15, 0.2) is 5.16 Å². The predicted octanol–water partition coefficient (Wildman–Crippen LogP) is 0.793. The van der Waals surface area contributed by atoms with Crippen LogP contribution in [0.25, 0.3) is 0 Å². The van der Waals surface area contributed by atoms with Crippen molar-refractivity contribution in [2.45, 2.75) is 42.2 Å². The number of anilines is 1. The van der Waals surface area contributed by atoms with Crippen LogP contribution < -0.4 is 5.73 Å². The lowest BCUT2D eigenvalue weighted by molar-refractivity contribution is 0.137. The summed E-state index contributed by atoms with van der Waals surface area (Å²) in [5, 5.41) is 18.6. The third-order valence-corrected chi connectivity index (χ3v) is 4.21. The first-order valence-electron chi connectivity index (χ1n) is 5.18. The van der Waals surface area contributed by atoms with Crippen molar-refractivity contribution < 1.29 is 5.11 Å². The molecule has 2 atom stereocenters. The molecule has 0 bridgehead atoms. The third-order valence-electron chi connectivity index (χ3n) is 2.79. The fourth-order valence-electron chi connectivity index (χ4n) is 1.78. The molecule has 0 amide bonds. The quantitative estimate of drug-likeness (QED) is 0.782. The van der Waals surface area contributed by atoms with Crippen molar-refractivity contribution in [3.05, 3.63) is 0 Å². The minimum Gasteiger partial charge on any atom is -0.392 e. The van der Waals surface area contributed by atoms with Gasteiger partial charge < -0.3 is 10.8 Å². The average Bonchev–Trinajstić information content (AvgIpc) is 2.53. The van der Waals surface area contributed by atoms with Crippen molar-refractivity contribution in [3.63, 3.8) is 0 Å². The summed E-state index contributed by atoms with van der Waals surface area (Å²) >= 11 is 1.58. The Morgan fingerprint density at radius 3 is 2.73 bits per heavy atom. The molecule has 5 nitrogen and oxygen atoms in total. The molecule has 1 aliphatic rings. The van der Waals surface area contributed by atoms with E-state index in [-0.39, 0.29) is 11.4 Å². The Hall–Kier alpha value is -0.750. The lowest BCUT2D eigenvalue weighted by atomic mass is 9.97. The van der Waals surface area contributed by atoms with E-state index in [2.05, 4.69) is 10.2 Å². The van der Waals surface area contributed by atoms with Crippen LogP contribution in [0.1, 0.15) is 25.7 Å². The number of nitrogens with zero attached hydrogens (tertiary/aromatic N) is 3. The summed E-state index contributed by atoms with van der Waals surface area (Å²) in [6.07, 6.45) is 4.02. The number of aliphatic hydroxyl groups is 1. The molecular weight excluding hydrogens is 212 g/mol. The van der Waals surface area contributed by atoms with Crippen LogP contribution in [0.5, 0.6) is 0 Å². The van der Waals surface area contributed by atoms with Crippen LogP contribution in [0, 0.1) is 0 Å². The molecule has 15 heavy (non-hydrogen) atoms. The second-order valence-corrected chi connectivity index (χ2v) is 5.11. The number of rotatable bonds is 2. The zero-order valence-electron chi connectivity index (χ0n) is 8.76. The van der Waals surface area contributed by atoms with Gasteiger partial charge in [0.25, 0.3) is 0 Å². The fourth-order valence-corrected chi connectivity index (χ4v) is 2.97. The van der Waals surface area contributed by atoms with Crippen LogP contribution >= 0.6 is 11.8 Å². The molecule has 0 aliphatic heterocycles. The zero-order chi connectivity index (χ0) is 10.8. The van der Waals surface area contributed by atoms with Gasteiger partial charge in [0.05, 0.1) is 6.10 Å². The van der Waals surface area contributed by atoms with Gasteiger partial charge in [-0.3, -0.25) is 4.57 Å². The first-order valence-corrected chi connectivity index (χ1v) is 6.06. The van der Waals surface area contributed by atoms with Gasteiger partial charge in [0.2, 0.25) is 5.95 Å². The Morgan fingerprint density at radius 1 is 1.40 bits per heavy atom. The topological polar surface area (TPSA) is 77.0 Å². The van der Waals surface area contributed by atoms with Gasteiger partial charge in [-0.25, -0.2) is 0 Å². The maximum Gasteiger partial charge on any atom is 0.222 e. The largest absolute Gasteiger partial charge is 0.392 e. The van der Waals surface area contributed by atoms with Crippen LogP contribution in [-0.4, -0.2) is 31.2 Å². The van der Waals surface area contributed by atoms with Gasteiger partial charge in [0, 0.05) is 12.3 Å². The van der Waals surface area contributed by atoms with E-state index >= 15 is 0 Å². The van der Waals surface area contributed by atoms with Crippen molar-refractivity contribution in [1.82, 2.24) is 14.8 Å². The minimum atomic E-state index is -0.221. The van der Waals surface area contributed by atoms with Gasteiger partial charge in [-0.2, -0.15) is 0 Å². The highest BCUT2D eigenvalue weighted by Gasteiger charge is 2.25. The maximum atomic E-state index is 9.82. The molecule has 0 saturated heterocycles. The van der Waals surface area contributed by atoms with E-state index < -0.39 is 0 Å². The molecule has 1 saturated carbocycles. The van der Waals surface area contributed by atoms with Gasteiger partial charge in [-0.15, -0.1) is 10.2 Å². The number of aromatic nitrogens is 3. The lowest BCUT2D eigenvalue weighted by Crippen LogP contribution is -2.27. The second kappa shape index (κ2) is 4.40. The Kier molecular flexibility index (Phi) is 3.16. The molecule has 1 heterocycles. The summed E-state index contributed by atoms with van der Waals surface area (Å²) < 4.78 is 1.76. The van der Waals surface area contributed by atoms with Crippen LogP contribution in [0.4, 0.5) is 5.95 Å². The minimum absolute atomic E-state index is 0.221. The van der Waals surface area contributed by atoms with Crippen molar-refractivity contribution >= 4 is 17.7 Å². The van der Waals surface area contributed by atoms with E-state index in [1.807, 2.05) is 7.05 Å². The molecule has 6 heteroatoms. The normalized spacial score (nSPS) is 26.8. The number of thioether (sulfide) groups is 1. The molecule has 1 aliphatic carbocycles. The van der Waals surface area contributed by atoms with Crippen LogP contribution in [-0.2, 0) is 7.05 Å². The van der Waals surface area contributed by atoms with Gasteiger partial charge in [0.1, 0.15) is 0 Å². The van der Waals surface area contributed by atoms with Crippen molar-refractivity contribution in [2.75, 3.05) is 5.73 Å². The number of aliphatic hydroxyl groups excluding tert-OH is 1. The van der Waals surface area contributed by atoms with E-state index in [0.29, 0.717) is 5.95 Å². The summed E-state index contributed by atoms with van der Waals surface area (Å²) in [5.74, 6) is 0.419. The molecule has 0 radical (unpaired) electrons. The monoisotopic (exact) mass is 228 g/mol. The molecule has 84 valence electrons. The van der Waals surface area contributed by atoms with Gasteiger partial charge in [0.15, 0.2) is 5.16 Å². The Balaban J connectivity index is 2.04. The summed E-state index contributed by atoms with van der Waals surface area (Å²) in [6, 6.07) is 0. The molecular formula is C9H16N4OS. The summed E-state index contributed by atoms with van der Waals surface area (Å²) in [6.45, 7) is 0. The van der Waals surface area contributed by atoms with Crippen LogP contribution in [0.2, 0.25) is 0 Å². The number of nitrogen functional groups attached to an aromatic ring is 1. The molecule has 3 N–H and O–H groups in total. The first kappa shape index (κ1) is 10.8. The highest BCUT2D eigenvalue weighted by Crippen LogP contribution is 2.33. The third kappa shape index (κ3) is 2.26. The molecule has 0 spiro atoms. The predicted molar refractivity (Wildman–Crippen MR) is 59.5 cm³/mol. The Bertz CT molecular complexity index is 341. The van der Waals surface area contributed by atoms with E-state index in [0.717, 1.165) is 24.4 Å². The van der Waals surface area contributed by atoms with Crippen molar-refractivity contribution in [3.8, 4) is 0 Å². The summed E-state index contributed by atoms with van der Waals surface area (Å²) in [5.41, 5.74) is 5.59. The van der Waals surface area contributed by atoms with E-state index in [9.17, 15) is 5.11 Å². The standard InChI is InChI=1S/C9H16N4OS/c1-13-8(10)11-12-9(13)15-7-5-3-2-4-6(7)14/h6-7,14H,2-5H2,1H3,(H2,10,11). The first-order chi connectivity index (χ1) is 7.18. The van der Waals surface area contributed by atoms with E-state index in [1.54, 1.807) is 16.3 Å². The lowest BCUT2D eigenvalue weighted by Gasteiger charge is -2.26. The highest BCUT2D eigenvalue weighted by molar-refractivity contribution is 7.99. The second-order valence-electron chi connectivity index (χ2n) is 3.91. The number of hydrogen-bond acceptors (Lipinski definition) is 5.